The van der Waals surface area contributed by atoms with Crippen molar-refractivity contribution < 1.29 is 28.2 Å². The van der Waals surface area contributed by atoms with Gasteiger partial charge in [-0.3, -0.25) is 19.1 Å². The number of nitrogens with zero attached hydrogens (tertiary/aromatic N) is 3. The maximum absolute atomic E-state index is 13.7. The Hall–Kier alpha value is -3.57. The van der Waals surface area contributed by atoms with E-state index in [0.29, 0.717) is 36.8 Å². The molecule has 2 aromatic heterocycles. The molecule has 1 aromatic carbocycles. The first-order chi connectivity index (χ1) is 19.3. The highest BCUT2D eigenvalue weighted by Crippen LogP contribution is 2.31. The lowest BCUT2D eigenvalue weighted by molar-refractivity contribution is -0.0498. The van der Waals surface area contributed by atoms with Gasteiger partial charge in [0.15, 0.2) is 0 Å². The van der Waals surface area contributed by atoms with E-state index in [2.05, 4.69) is 26.9 Å². The SMILES string of the molecule is C[C@H]1CC[C@H](NC(=O)c2c(O)c3cc(-c4ccc(OC(F)F)cc4)cnc3n(CCN3CCOCC3)c2=O)CC1. The topological polar surface area (TPSA) is 106 Å². The number of fused-ring (bicyclic) bond motifs is 1. The lowest BCUT2D eigenvalue weighted by atomic mass is 9.87. The monoisotopic (exact) mass is 556 g/mol. The molecule has 2 N–H and O–H groups in total. The van der Waals surface area contributed by atoms with Crippen LogP contribution in [0.5, 0.6) is 11.5 Å². The molecule has 0 spiro atoms. The Morgan fingerprint density at radius 1 is 1.12 bits per heavy atom. The Labute approximate surface area is 230 Å². The van der Waals surface area contributed by atoms with Gasteiger partial charge in [0, 0.05) is 44.0 Å². The summed E-state index contributed by atoms with van der Waals surface area (Å²) in [7, 11) is 0. The summed E-state index contributed by atoms with van der Waals surface area (Å²) in [4.78, 5) is 33.8. The number of carbonyl (C=O) groups is 1. The molecular formula is C29H34F2N4O5. The highest BCUT2D eigenvalue weighted by molar-refractivity contribution is 6.02. The number of nitrogens with one attached hydrogen (secondary N) is 1. The fourth-order valence-electron chi connectivity index (χ4n) is 5.44. The van der Waals surface area contributed by atoms with Crippen LogP contribution in [-0.4, -0.2) is 71.0 Å². The number of hydrogen-bond donors (Lipinski definition) is 2. The standard InChI is InChI=1S/C29H34F2N4O5/c1-18-2-6-21(7-3-18)33-27(37)24-25(36)23-16-20(19-4-8-22(9-5-19)40-29(30)31)17-32-26(23)35(28(24)38)11-10-34-12-14-39-15-13-34/h4-5,8-9,16-18,21,29,36H,2-3,6-7,10-15H2,1H3,(H,33,37)/t18-,21-. The van der Waals surface area contributed by atoms with Crippen LogP contribution in [0.4, 0.5) is 8.78 Å². The summed E-state index contributed by atoms with van der Waals surface area (Å²) in [5, 5.41) is 14.5. The number of hydrogen-bond acceptors (Lipinski definition) is 7. The van der Waals surface area contributed by atoms with E-state index in [4.69, 9.17) is 4.74 Å². The summed E-state index contributed by atoms with van der Waals surface area (Å²) < 4.78 is 36.4. The molecule has 1 aliphatic heterocycles. The summed E-state index contributed by atoms with van der Waals surface area (Å²) in [5.41, 5.74) is 0.600. The van der Waals surface area contributed by atoms with Crippen molar-refractivity contribution in [3.63, 3.8) is 0 Å². The van der Waals surface area contributed by atoms with Gasteiger partial charge in [-0.05, 0) is 55.4 Å². The maximum Gasteiger partial charge on any atom is 0.387 e. The van der Waals surface area contributed by atoms with Gasteiger partial charge in [-0.15, -0.1) is 0 Å². The van der Waals surface area contributed by atoms with Crippen molar-refractivity contribution in [3.8, 4) is 22.6 Å². The lowest BCUT2D eigenvalue weighted by Gasteiger charge is -2.28. The van der Waals surface area contributed by atoms with Gasteiger partial charge in [0.2, 0.25) is 0 Å². The van der Waals surface area contributed by atoms with Crippen LogP contribution in [0.15, 0.2) is 41.3 Å². The van der Waals surface area contributed by atoms with Crippen molar-refractivity contribution in [2.45, 2.75) is 51.8 Å². The fourth-order valence-corrected chi connectivity index (χ4v) is 5.44. The molecule has 40 heavy (non-hydrogen) atoms. The van der Waals surface area contributed by atoms with E-state index < -0.39 is 23.8 Å². The van der Waals surface area contributed by atoms with Crippen LogP contribution < -0.4 is 15.6 Å². The van der Waals surface area contributed by atoms with E-state index in [0.717, 1.165) is 38.8 Å². The van der Waals surface area contributed by atoms with Crippen molar-refractivity contribution in [1.82, 2.24) is 19.8 Å². The maximum atomic E-state index is 13.7. The zero-order valence-electron chi connectivity index (χ0n) is 22.4. The number of carbonyl (C=O) groups excluding carboxylic acids is 1. The summed E-state index contributed by atoms with van der Waals surface area (Å²) in [5.74, 6) is -0.400. The van der Waals surface area contributed by atoms with Gasteiger partial charge in [0.05, 0.1) is 18.6 Å². The molecular weight excluding hydrogens is 522 g/mol. The Morgan fingerprint density at radius 3 is 2.50 bits per heavy atom. The highest BCUT2D eigenvalue weighted by Gasteiger charge is 2.27. The third kappa shape index (κ3) is 6.26. The first-order valence-electron chi connectivity index (χ1n) is 13.7. The van der Waals surface area contributed by atoms with Gasteiger partial charge >= 0.3 is 6.61 Å². The number of aromatic hydroxyl groups is 1. The Bertz CT molecular complexity index is 1400. The molecule has 2 fully saturated rings. The van der Waals surface area contributed by atoms with Crippen LogP contribution in [0.2, 0.25) is 0 Å². The quantitative estimate of drug-likeness (QED) is 0.432. The van der Waals surface area contributed by atoms with Gasteiger partial charge in [0.25, 0.3) is 11.5 Å². The molecule has 5 rings (SSSR count). The number of benzene rings is 1. The molecule has 214 valence electrons. The molecule has 1 aliphatic carbocycles. The van der Waals surface area contributed by atoms with Crippen molar-refractivity contribution in [2.75, 3.05) is 32.8 Å². The summed E-state index contributed by atoms with van der Waals surface area (Å²) in [6.07, 6.45) is 5.19. The van der Waals surface area contributed by atoms with E-state index in [1.165, 1.54) is 16.7 Å². The molecule has 0 atom stereocenters. The number of halogens is 2. The molecule has 11 heteroatoms. The Balaban J connectivity index is 1.52. The van der Waals surface area contributed by atoms with Gasteiger partial charge in [-0.1, -0.05) is 19.1 Å². The second-order valence-corrected chi connectivity index (χ2v) is 10.6. The summed E-state index contributed by atoms with van der Waals surface area (Å²) >= 11 is 0. The number of ether oxygens (including phenoxy) is 2. The number of alkyl halides is 2. The average Bonchev–Trinajstić information content (AvgIpc) is 2.95. The molecule has 1 amide bonds. The van der Waals surface area contributed by atoms with Crippen LogP contribution in [0, 0.1) is 5.92 Å². The van der Waals surface area contributed by atoms with Crippen LogP contribution in [0.3, 0.4) is 0 Å². The van der Waals surface area contributed by atoms with Crippen LogP contribution in [0.25, 0.3) is 22.2 Å². The van der Waals surface area contributed by atoms with Gasteiger partial charge in [0.1, 0.15) is 22.7 Å². The molecule has 3 heterocycles. The molecule has 1 saturated carbocycles. The molecule has 0 unspecified atom stereocenters. The number of morpholine rings is 1. The van der Waals surface area contributed by atoms with E-state index in [9.17, 15) is 23.5 Å². The Morgan fingerprint density at radius 2 is 1.82 bits per heavy atom. The Kier molecular flexibility index (Phi) is 8.60. The predicted octanol–water partition coefficient (Wildman–Crippen LogP) is 4.01. The van der Waals surface area contributed by atoms with Crippen LogP contribution in [0.1, 0.15) is 43.0 Å². The highest BCUT2D eigenvalue weighted by atomic mass is 19.3. The first-order valence-corrected chi connectivity index (χ1v) is 13.7. The van der Waals surface area contributed by atoms with E-state index >= 15 is 0 Å². The third-order valence-corrected chi connectivity index (χ3v) is 7.81. The molecule has 0 bridgehead atoms. The largest absolute Gasteiger partial charge is 0.506 e. The zero-order valence-corrected chi connectivity index (χ0v) is 22.4. The number of aromatic nitrogens is 2. The fraction of sp³-hybridized carbons (Fsp3) is 0.483. The second kappa shape index (κ2) is 12.3. The molecule has 9 nitrogen and oxygen atoms in total. The second-order valence-electron chi connectivity index (χ2n) is 10.6. The minimum atomic E-state index is -2.93. The normalized spacial score (nSPS) is 20.1. The summed E-state index contributed by atoms with van der Waals surface area (Å²) in [6, 6.07) is 7.63. The predicted molar refractivity (Wildman–Crippen MR) is 146 cm³/mol. The zero-order chi connectivity index (χ0) is 28.2. The molecule has 0 radical (unpaired) electrons. The van der Waals surface area contributed by atoms with E-state index in [1.807, 2.05) is 0 Å². The number of pyridine rings is 2. The van der Waals surface area contributed by atoms with Crippen molar-refractivity contribution >= 4 is 16.9 Å². The average molecular weight is 557 g/mol. The molecule has 3 aromatic rings. The minimum absolute atomic E-state index is 0.0170. The van der Waals surface area contributed by atoms with E-state index in [1.54, 1.807) is 24.4 Å². The molecule has 1 saturated heterocycles. The van der Waals surface area contributed by atoms with E-state index in [-0.39, 0.29) is 34.9 Å². The first kappa shape index (κ1) is 28.0. The van der Waals surface area contributed by atoms with Crippen molar-refractivity contribution in [2.24, 2.45) is 5.92 Å². The van der Waals surface area contributed by atoms with Crippen LogP contribution in [-0.2, 0) is 11.3 Å². The van der Waals surface area contributed by atoms with Crippen LogP contribution >= 0.6 is 0 Å². The lowest BCUT2D eigenvalue weighted by Crippen LogP contribution is -2.42. The number of amides is 1. The summed E-state index contributed by atoms with van der Waals surface area (Å²) in [6.45, 7) is 2.79. The smallest absolute Gasteiger partial charge is 0.387 e. The van der Waals surface area contributed by atoms with Crippen molar-refractivity contribution in [1.29, 1.82) is 0 Å². The minimum Gasteiger partial charge on any atom is -0.506 e. The molecule has 2 aliphatic rings. The van der Waals surface area contributed by atoms with Gasteiger partial charge in [-0.2, -0.15) is 8.78 Å². The van der Waals surface area contributed by atoms with Gasteiger partial charge in [-0.25, -0.2) is 4.98 Å². The third-order valence-electron chi connectivity index (χ3n) is 7.81. The van der Waals surface area contributed by atoms with Crippen molar-refractivity contribution in [3.05, 3.63) is 52.4 Å². The van der Waals surface area contributed by atoms with Gasteiger partial charge < -0.3 is 19.9 Å². The number of rotatable bonds is 8.